The highest BCUT2D eigenvalue weighted by atomic mass is 16.5. The fraction of sp³-hybridized carbons (Fsp3) is 0.611. The van der Waals surface area contributed by atoms with E-state index in [4.69, 9.17) is 4.74 Å². The van der Waals surface area contributed by atoms with Crippen molar-refractivity contribution in [3.8, 4) is 0 Å². The molecule has 1 aromatic rings. The first-order chi connectivity index (χ1) is 10.7. The van der Waals surface area contributed by atoms with Crippen molar-refractivity contribution in [2.24, 2.45) is 0 Å². The first kappa shape index (κ1) is 16.8. The van der Waals surface area contributed by atoms with Gasteiger partial charge in [-0.3, -0.25) is 0 Å². The Labute approximate surface area is 133 Å². The molecule has 0 saturated carbocycles. The molecule has 0 spiro atoms. The second-order valence-corrected chi connectivity index (χ2v) is 5.75. The van der Waals surface area contributed by atoms with Gasteiger partial charge in [0.15, 0.2) is 0 Å². The number of benzene rings is 1. The third-order valence-corrected chi connectivity index (χ3v) is 4.48. The maximum atomic E-state index is 11.6. The van der Waals surface area contributed by atoms with E-state index in [1.54, 1.807) is 0 Å². The van der Waals surface area contributed by atoms with Crippen LogP contribution in [0.25, 0.3) is 0 Å². The average Bonchev–Trinajstić information content (AvgIpc) is 2.73. The number of anilines is 1. The molecule has 0 aliphatic carbocycles. The van der Waals surface area contributed by atoms with Crippen LogP contribution >= 0.6 is 0 Å². The number of aryl methyl sites for hydroxylation is 1. The van der Waals surface area contributed by atoms with Crippen molar-refractivity contribution in [1.29, 1.82) is 0 Å². The molecule has 0 radical (unpaired) electrons. The van der Waals surface area contributed by atoms with Gasteiger partial charge in [-0.2, -0.15) is 0 Å². The van der Waals surface area contributed by atoms with Gasteiger partial charge < -0.3 is 14.7 Å². The molecule has 2 heterocycles. The molecule has 1 fully saturated rings. The molecule has 122 valence electrons. The largest absolute Gasteiger partial charge is 0.465 e. The molecule has 4 heteroatoms. The summed E-state index contributed by atoms with van der Waals surface area (Å²) in [6.07, 6.45) is 4.73. The highest BCUT2D eigenvalue weighted by Crippen LogP contribution is 2.34. The second kappa shape index (κ2) is 7.63. The molecule has 2 unspecified atom stereocenters. The number of ether oxygens (including phenoxy) is 1. The number of piperidine rings is 1. The molecule has 1 aromatic carbocycles. The highest BCUT2D eigenvalue weighted by molar-refractivity contribution is 5.90. The van der Waals surface area contributed by atoms with Gasteiger partial charge in [0, 0.05) is 18.3 Å². The zero-order valence-electron chi connectivity index (χ0n) is 13.8. The summed E-state index contributed by atoms with van der Waals surface area (Å²) >= 11 is 0. The quantitative estimate of drug-likeness (QED) is 0.810. The lowest BCUT2D eigenvalue weighted by molar-refractivity contribution is 0.0600. The van der Waals surface area contributed by atoms with E-state index in [1.165, 1.54) is 18.4 Å². The van der Waals surface area contributed by atoms with Gasteiger partial charge in [0.1, 0.15) is 0 Å². The highest BCUT2D eigenvalue weighted by Gasteiger charge is 2.30. The van der Waals surface area contributed by atoms with E-state index >= 15 is 0 Å². The molecule has 2 atom stereocenters. The van der Waals surface area contributed by atoms with Crippen LogP contribution in [0.1, 0.15) is 55.5 Å². The van der Waals surface area contributed by atoms with Gasteiger partial charge in [-0.05, 0) is 55.9 Å². The zero-order valence-corrected chi connectivity index (χ0v) is 13.8. The molecule has 0 amide bonds. The molecule has 0 aromatic heterocycles. The van der Waals surface area contributed by atoms with Crippen molar-refractivity contribution in [3.05, 3.63) is 29.3 Å². The van der Waals surface area contributed by atoms with Crippen molar-refractivity contribution in [2.45, 2.75) is 58.1 Å². The van der Waals surface area contributed by atoms with Gasteiger partial charge in [-0.15, -0.1) is 0 Å². The van der Waals surface area contributed by atoms with Crippen LogP contribution in [0.3, 0.4) is 0 Å². The number of aliphatic hydroxyl groups excluding tert-OH is 1. The zero-order chi connectivity index (χ0) is 16.1. The van der Waals surface area contributed by atoms with E-state index in [1.807, 2.05) is 32.0 Å². The molecule has 2 aliphatic rings. The molecular weight excluding hydrogens is 278 g/mol. The molecule has 1 saturated heterocycles. The number of methoxy groups -OCH3 is 1. The van der Waals surface area contributed by atoms with Gasteiger partial charge in [-0.1, -0.05) is 13.8 Å². The van der Waals surface area contributed by atoms with Crippen LogP contribution in [-0.2, 0) is 11.2 Å². The predicted molar refractivity (Wildman–Crippen MR) is 88.4 cm³/mol. The Balaban J connectivity index is 0.000000847. The fourth-order valence-corrected chi connectivity index (χ4v) is 3.46. The van der Waals surface area contributed by atoms with Crippen LogP contribution in [0.4, 0.5) is 5.69 Å². The first-order valence-corrected chi connectivity index (χ1v) is 8.35. The maximum Gasteiger partial charge on any atom is 0.337 e. The lowest BCUT2D eigenvalue weighted by Crippen LogP contribution is -2.44. The van der Waals surface area contributed by atoms with Gasteiger partial charge >= 0.3 is 5.97 Å². The van der Waals surface area contributed by atoms with Crippen LogP contribution in [-0.4, -0.2) is 36.9 Å². The molecule has 2 aliphatic heterocycles. The van der Waals surface area contributed by atoms with Gasteiger partial charge in [-0.25, -0.2) is 4.79 Å². The van der Waals surface area contributed by atoms with Crippen molar-refractivity contribution >= 4 is 11.7 Å². The van der Waals surface area contributed by atoms with Crippen LogP contribution in [0.15, 0.2) is 18.2 Å². The standard InChI is InChI=1S/C16H21NO3.C2H6/c1-20-16(19)12-5-6-15-11(9-12)3-2-4-13-10-14(18)7-8-17(13)15;1-2/h5-6,9,13-14,18H,2-4,7-8,10H2,1H3;1-2H3. The topological polar surface area (TPSA) is 49.8 Å². The van der Waals surface area contributed by atoms with E-state index in [0.29, 0.717) is 11.6 Å². The van der Waals surface area contributed by atoms with Crippen molar-refractivity contribution in [3.63, 3.8) is 0 Å². The lowest BCUT2D eigenvalue weighted by atomic mass is 9.96. The summed E-state index contributed by atoms with van der Waals surface area (Å²) in [7, 11) is 1.41. The van der Waals surface area contributed by atoms with E-state index in [2.05, 4.69) is 4.90 Å². The molecule has 1 N–H and O–H groups in total. The van der Waals surface area contributed by atoms with Gasteiger partial charge in [0.25, 0.3) is 0 Å². The minimum absolute atomic E-state index is 0.160. The third kappa shape index (κ3) is 3.43. The number of fused-ring (bicyclic) bond motifs is 3. The van der Waals surface area contributed by atoms with Crippen molar-refractivity contribution in [2.75, 3.05) is 18.6 Å². The SMILES string of the molecule is CC.COC(=O)c1ccc2c(c1)CCCC1CC(O)CCN21. The Morgan fingerprint density at radius 3 is 2.82 bits per heavy atom. The summed E-state index contributed by atoms with van der Waals surface area (Å²) in [6, 6.07) is 6.29. The third-order valence-electron chi connectivity index (χ3n) is 4.48. The minimum atomic E-state index is -0.275. The van der Waals surface area contributed by atoms with E-state index < -0.39 is 0 Å². The number of carbonyl (C=O) groups excluding carboxylic acids is 1. The Morgan fingerprint density at radius 1 is 1.32 bits per heavy atom. The molecule has 3 rings (SSSR count). The number of rotatable bonds is 1. The number of carbonyl (C=O) groups is 1. The van der Waals surface area contributed by atoms with Crippen LogP contribution in [0, 0.1) is 0 Å². The molecular formula is C18H27NO3. The second-order valence-electron chi connectivity index (χ2n) is 5.75. The number of nitrogens with zero attached hydrogens (tertiary/aromatic N) is 1. The monoisotopic (exact) mass is 305 g/mol. The van der Waals surface area contributed by atoms with Crippen LogP contribution in [0.2, 0.25) is 0 Å². The van der Waals surface area contributed by atoms with E-state index in [0.717, 1.165) is 38.6 Å². The summed E-state index contributed by atoms with van der Waals surface area (Å²) in [5.74, 6) is -0.275. The fourth-order valence-electron chi connectivity index (χ4n) is 3.46. The van der Waals surface area contributed by atoms with Crippen LogP contribution < -0.4 is 4.90 Å². The lowest BCUT2D eigenvalue weighted by Gasteiger charge is -2.39. The van der Waals surface area contributed by atoms with E-state index in [9.17, 15) is 9.90 Å². The van der Waals surface area contributed by atoms with Crippen LogP contribution in [0.5, 0.6) is 0 Å². The number of esters is 1. The Hall–Kier alpha value is -1.55. The number of hydrogen-bond donors (Lipinski definition) is 1. The Kier molecular flexibility index (Phi) is 5.83. The predicted octanol–water partition coefficient (Wildman–Crippen LogP) is 3.17. The number of aliphatic hydroxyl groups is 1. The molecule has 22 heavy (non-hydrogen) atoms. The Morgan fingerprint density at radius 2 is 2.09 bits per heavy atom. The maximum absolute atomic E-state index is 11.6. The summed E-state index contributed by atoms with van der Waals surface area (Å²) in [5.41, 5.74) is 3.08. The first-order valence-electron chi connectivity index (χ1n) is 8.35. The molecule has 0 bridgehead atoms. The van der Waals surface area contributed by atoms with Crippen molar-refractivity contribution in [1.82, 2.24) is 0 Å². The number of hydrogen-bond acceptors (Lipinski definition) is 4. The van der Waals surface area contributed by atoms with E-state index in [-0.39, 0.29) is 12.1 Å². The summed E-state index contributed by atoms with van der Waals surface area (Å²) in [6.45, 7) is 4.90. The average molecular weight is 305 g/mol. The summed E-state index contributed by atoms with van der Waals surface area (Å²) < 4.78 is 4.79. The smallest absolute Gasteiger partial charge is 0.337 e. The van der Waals surface area contributed by atoms with Crippen molar-refractivity contribution < 1.29 is 14.6 Å². The summed E-state index contributed by atoms with van der Waals surface area (Å²) in [4.78, 5) is 14.1. The normalized spacial score (nSPS) is 23.4. The molecule has 4 nitrogen and oxygen atoms in total. The van der Waals surface area contributed by atoms with Gasteiger partial charge in [0.2, 0.25) is 0 Å². The summed E-state index contributed by atoms with van der Waals surface area (Å²) in [5, 5.41) is 9.85. The van der Waals surface area contributed by atoms with Gasteiger partial charge in [0.05, 0.1) is 18.8 Å². The Bertz CT molecular complexity index is 515. The minimum Gasteiger partial charge on any atom is -0.465 e.